The lowest BCUT2D eigenvalue weighted by atomic mass is 10.0. The van der Waals surface area contributed by atoms with Crippen LogP contribution in [0.4, 0.5) is 0 Å². The summed E-state index contributed by atoms with van der Waals surface area (Å²) < 4.78 is 15.7. The maximum atomic E-state index is 5.35. The van der Waals surface area contributed by atoms with Crippen LogP contribution in [0.2, 0.25) is 0 Å². The van der Waals surface area contributed by atoms with E-state index in [9.17, 15) is 0 Å². The first kappa shape index (κ1) is 17.0. The molecule has 0 aliphatic heterocycles. The van der Waals surface area contributed by atoms with Crippen molar-refractivity contribution < 1.29 is 14.2 Å². The first-order valence-electron chi connectivity index (χ1n) is 7.03. The van der Waals surface area contributed by atoms with Crippen molar-refractivity contribution in [3.05, 3.63) is 29.3 Å². The zero-order chi connectivity index (χ0) is 15.0. The number of rotatable bonds is 9. The van der Waals surface area contributed by atoms with E-state index in [1.54, 1.807) is 21.3 Å². The number of nitrogens with one attached hydrogen (secondary N) is 1. The Hall–Kier alpha value is -1.10. The van der Waals surface area contributed by atoms with E-state index < -0.39 is 0 Å². The minimum atomic E-state index is 0.281. The molecule has 2 unspecified atom stereocenters. The Morgan fingerprint density at radius 2 is 1.85 bits per heavy atom. The molecular weight excluding hydrogens is 254 g/mol. The summed E-state index contributed by atoms with van der Waals surface area (Å²) in [6.45, 7) is 5.68. The van der Waals surface area contributed by atoms with Gasteiger partial charge < -0.3 is 19.5 Å². The summed E-state index contributed by atoms with van der Waals surface area (Å²) in [5.74, 6) is 0.871. The summed E-state index contributed by atoms with van der Waals surface area (Å²) >= 11 is 0. The van der Waals surface area contributed by atoms with Crippen molar-refractivity contribution in [2.75, 3.05) is 27.9 Å². The van der Waals surface area contributed by atoms with E-state index in [-0.39, 0.29) is 6.04 Å². The molecule has 1 aromatic carbocycles. The fourth-order valence-electron chi connectivity index (χ4n) is 2.24. The quantitative estimate of drug-likeness (QED) is 0.755. The zero-order valence-electron chi connectivity index (χ0n) is 13.2. The van der Waals surface area contributed by atoms with E-state index in [1.165, 1.54) is 5.56 Å². The molecule has 0 amide bonds. The monoisotopic (exact) mass is 281 g/mol. The summed E-state index contributed by atoms with van der Waals surface area (Å²) in [6, 6.07) is 6.94. The van der Waals surface area contributed by atoms with E-state index in [0.717, 1.165) is 24.3 Å². The van der Waals surface area contributed by atoms with Crippen LogP contribution < -0.4 is 10.1 Å². The van der Waals surface area contributed by atoms with Crippen LogP contribution in [0.15, 0.2) is 18.2 Å². The maximum Gasteiger partial charge on any atom is 0.124 e. The van der Waals surface area contributed by atoms with E-state index >= 15 is 0 Å². The van der Waals surface area contributed by atoms with Crippen molar-refractivity contribution in [3.63, 3.8) is 0 Å². The maximum absolute atomic E-state index is 5.35. The third-order valence-electron chi connectivity index (χ3n) is 3.39. The van der Waals surface area contributed by atoms with Crippen LogP contribution >= 0.6 is 0 Å². The van der Waals surface area contributed by atoms with Crippen molar-refractivity contribution in [2.45, 2.75) is 39.0 Å². The fraction of sp³-hybridized carbons (Fsp3) is 0.625. The molecule has 20 heavy (non-hydrogen) atoms. The van der Waals surface area contributed by atoms with Gasteiger partial charge in [-0.2, -0.15) is 0 Å². The highest BCUT2D eigenvalue weighted by atomic mass is 16.5. The Labute approximate surface area is 122 Å². The van der Waals surface area contributed by atoms with Crippen LogP contribution in [0.25, 0.3) is 0 Å². The van der Waals surface area contributed by atoms with E-state index in [0.29, 0.717) is 12.6 Å². The second kappa shape index (κ2) is 8.95. The van der Waals surface area contributed by atoms with Gasteiger partial charge in [0.15, 0.2) is 0 Å². The van der Waals surface area contributed by atoms with E-state index in [2.05, 4.69) is 31.3 Å². The summed E-state index contributed by atoms with van der Waals surface area (Å²) in [4.78, 5) is 0. The SMILES string of the molecule is COCCC(C)NC(C)c1ccc(OC)c(COC)c1. The molecule has 114 valence electrons. The lowest BCUT2D eigenvalue weighted by Crippen LogP contribution is -2.30. The molecule has 0 saturated heterocycles. The van der Waals surface area contributed by atoms with Crippen molar-refractivity contribution >= 4 is 0 Å². The van der Waals surface area contributed by atoms with Crippen LogP contribution in [0.5, 0.6) is 5.75 Å². The van der Waals surface area contributed by atoms with Crippen molar-refractivity contribution in [3.8, 4) is 5.75 Å². The topological polar surface area (TPSA) is 39.7 Å². The van der Waals surface area contributed by atoms with Crippen molar-refractivity contribution in [1.82, 2.24) is 5.32 Å². The first-order valence-corrected chi connectivity index (χ1v) is 7.03. The summed E-state index contributed by atoms with van der Waals surface area (Å²) in [5.41, 5.74) is 2.31. The Bertz CT molecular complexity index is 395. The van der Waals surface area contributed by atoms with Gasteiger partial charge in [0.05, 0.1) is 13.7 Å². The van der Waals surface area contributed by atoms with Gasteiger partial charge >= 0.3 is 0 Å². The molecule has 0 radical (unpaired) electrons. The molecule has 1 N–H and O–H groups in total. The van der Waals surface area contributed by atoms with Gasteiger partial charge in [-0.3, -0.25) is 0 Å². The summed E-state index contributed by atoms with van der Waals surface area (Å²) in [5, 5.41) is 3.58. The number of hydrogen-bond donors (Lipinski definition) is 1. The van der Waals surface area contributed by atoms with E-state index in [4.69, 9.17) is 14.2 Å². The normalized spacial score (nSPS) is 14.1. The molecule has 4 heteroatoms. The van der Waals surface area contributed by atoms with Crippen LogP contribution in [0.1, 0.15) is 37.4 Å². The predicted molar refractivity (Wildman–Crippen MR) is 81.2 cm³/mol. The fourth-order valence-corrected chi connectivity index (χ4v) is 2.24. The molecule has 0 spiro atoms. The molecule has 1 aromatic rings. The largest absolute Gasteiger partial charge is 0.496 e. The van der Waals surface area contributed by atoms with Gasteiger partial charge in [-0.25, -0.2) is 0 Å². The second-order valence-corrected chi connectivity index (χ2v) is 5.08. The van der Waals surface area contributed by atoms with Crippen LogP contribution in [0.3, 0.4) is 0 Å². The Morgan fingerprint density at radius 3 is 2.45 bits per heavy atom. The highest BCUT2D eigenvalue weighted by Crippen LogP contribution is 2.24. The van der Waals surface area contributed by atoms with Crippen molar-refractivity contribution in [2.24, 2.45) is 0 Å². The molecule has 0 fully saturated rings. The van der Waals surface area contributed by atoms with Gasteiger partial charge in [0, 0.05) is 38.5 Å². The van der Waals surface area contributed by atoms with Gasteiger partial charge in [0.1, 0.15) is 5.75 Å². The highest BCUT2D eigenvalue weighted by Gasteiger charge is 2.12. The second-order valence-electron chi connectivity index (χ2n) is 5.08. The molecular formula is C16H27NO3. The third kappa shape index (κ3) is 5.12. The van der Waals surface area contributed by atoms with Gasteiger partial charge in [-0.15, -0.1) is 0 Å². The molecule has 4 nitrogen and oxygen atoms in total. The van der Waals surface area contributed by atoms with E-state index in [1.807, 2.05) is 6.07 Å². The molecule has 0 aliphatic carbocycles. The lowest BCUT2D eigenvalue weighted by molar-refractivity contribution is 0.181. The Morgan fingerprint density at radius 1 is 1.10 bits per heavy atom. The number of hydrogen-bond acceptors (Lipinski definition) is 4. The Balaban J connectivity index is 2.72. The van der Waals surface area contributed by atoms with Gasteiger partial charge in [-0.1, -0.05) is 6.07 Å². The molecule has 0 aromatic heterocycles. The van der Waals surface area contributed by atoms with Gasteiger partial charge in [-0.05, 0) is 38.0 Å². The minimum Gasteiger partial charge on any atom is -0.496 e. The number of benzene rings is 1. The van der Waals surface area contributed by atoms with Crippen molar-refractivity contribution in [1.29, 1.82) is 0 Å². The minimum absolute atomic E-state index is 0.281. The lowest BCUT2D eigenvalue weighted by Gasteiger charge is -2.21. The average molecular weight is 281 g/mol. The smallest absolute Gasteiger partial charge is 0.124 e. The molecule has 0 saturated carbocycles. The van der Waals surface area contributed by atoms with Crippen LogP contribution in [0, 0.1) is 0 Å². The first-order chi connectivity index (χ1) is 9.62. The molecule has 2 atom stereocenters. The summed E-state index contributed by atoms with van der Waals surface area (Å²) in [6.07, 6.45) is 1.00. The van der Waals surface area contributed by atoms with Gasteiger partial charge in [0.25, 0.3) is 0 Å². The molecule has 0 heterocycles. The highest BCUT2D eigenvalue weighted by molar-refractivity contribution is 5.38. The molecule has 0 bridgehead atoms. The van der Waals surface area contributed by atoms with Crippen LogP contribution in [-0.4, -0.2) is 34.0 Å². The Kier molecular flexibility index (Phi) is 7.59. The van der Waals surface area contributed by atoms with Crippen LogP contribution in [-0.2, 0) is 16.1 Å². The number of ether oxygens (including phenoxy) is 3. The average Bonchev–Trinajstić information content (AvgIpc) is 2.45. The molecule has 0 aliphatic rings. The summed E-state index contributed by atoms with van der Waals surface area (Å²) in [7, 11) is 5.11. The van der Waals surface area contributed by atoms with Gasteiger partial charge in [0.2, 0.25) is 0 Å². The zero-order valence-corrected chi connectivity index (χ0v) is 13.2. The molecule has 1 rings (SSSR count). The third-order valence-corrected chi connectivity index (χ3v) is 3.39. The number of methoxy groups -OCH3 is 3. The predicted octanol–water partition coefficient (Wildman–Crippen LogP) is 2.92. The standard InChI is InChI=1S/C16H27NO3/c1-12(8-9-18-3)17-13(2)14-6-7-16(20-5)15(10-14)11-19-4/h6-7,10,12-13,17H,8-9,11H2,1-5H3.